The third-order valence-electron chi connectivity index (χ3n) is 3.08. The van der Waals surface area contributed by atoms with Crippen molar-refractivity contribution in [2.45, 2.75) is 13.8 Å². The van der Waals surface area contributed by atoms with Gasteiger partial charge in [-0.05, 0) is 52.2 Å². The van der Waals surface area contributed by atoms with Crippen LogP contribution in [-0.2, 0) is 9.59 Å². The zero-order valence-corrected chi connectivity index (χ0v) is 12.9. The summed E-state index contributed by atoms with van der Waals surface area (Å²) in [5, 5.41) is 5.34. The topological polar surface area (TPSA) is 61.4 Å². The fraction of sp³-hybridized carbons (Fsp3) is 0.467. The van der Waals surface area contributed by atoms with Gasteiger partial charge >= 0.3 is 0 Å². The summed E-state index contributed by atoms with van der Waals surface area (Å²) >= 11 is 0. The number of halogens is 1. The van der Waals surface area contributed by atoms with Crippen molar-refractivity contribution in [2.75, 3.05) is 32.5 Å². The maximum atomic E-state index is 12.8. The van der Waals surface area contributed by atoms with E-state index < -0.39 is 11.3 Å². The third-order valence-corrected chi connectivity index (χ3v) is 3.08. The second-order valence-electron chi connectivity index (χ2n) is 5.65. The number of nitrogens with zero attached hydrogens (tertiary/aromatic N) is 1. The largest absolute Gasteiger partial charge is 0.354 e. The van der Waals surface area contributed by atoms with E-state index in [1.807, 2.05) is 19.0 Å². The summed E-state index contributed by atoms with van der Waals surface area (Å²) in [5.74, 6) is -1.16. The van der Waals surface area contributed by atoms with Crippen molar-refractivity contribution < 1.29 is 14.0 Å². The molecule has 0 radical (unpaired) electrons. The summed E-state index contributed by atoms with van der Waals surface area (Å²) in [6, 6.07) is 5.40. The summed E-state index contributed by atoms with van der Waals surface area (Å²) in [7, 11) is 3.80. The Kier molecular flexibility index (Phi) is 5.84. The lowest BCUT2D eigenvalue weighted by Crippen LogP contribution is -2.46. The van der Waals surface area contributed by atoms with E-state index in [9.17, 15) is 14.0 Å². The van der Waals surface area contributed by atoms with Gasteiger partial charge in [-0.1, -0.05) is 0 Å². The summed E-state index contributed by atoms with van der Waals surface area (Å²) in [6.07, 6.45) is 0. The van der Waals surface area contributed by atoms with Gasteiger partial charge in [0.25, 0.3) is 0 Å². The molecule has 0 aliphatic heterocycles. The molecule has 21 heavy (non-hydrogen) atoms. The zero-order chi connectivity index (χ0) is 16.0. The first kappa shape index (κ1) is 17.1. The number of benzene rings is 1. The van der Waals surface area contributed by atoms with Gasteiger partial charge in [0.2, 0.25) is 11.8 Å². The normalized spacial score (nSPS) is 11.3. The minimum atomic E-state index is -1.21. The standard InChI is InChI=1S/C15H22FN3O2/c1-15(2,13(20)17-9-10-19(3)4)14(21)18-12-7-5-11(16)6-8-12/h5-8H,9-10H2,1-4H3,(H,17,20)(H,18,21). The van der Waals surface area contributed by atoms with Crippen LogP contribution in [0.5, 0.6) is 0 Å². The van der Waals surface area contributed by atoms with Gasteiger partial charge in [-0.15, -0.1) is 0 Å². The van der Waals surface area contributed by atoms with E-state index >= 15 is 0 Å². The Hall–Kier alpha value is -1.95. The quantitative estimate of drug-likeness (QED) is 0.781. The number of amides is 2. The van der Waals surface area contributed by atoms with Crippen molar-refractivity contribution in [1.82, 2.24) is 10.2 Å². The molecular weight excluding hydrogens is 273 g/mol. The van der Waals surface area contributed by atoms with E-state index in [4.69, 9.17) is 0 Å². The molecule has 0 atom stereocenters. The lowest BCUT2D eigenvalue weighted by atomic mass is 9.91. The molecule has 0 aliphatic carbocycles. The van der Waals surface area contributed by atoms with Crippen molar-refractivity contribution in [1.29, 1.82) is 0 Å². The summed E-state index contributed by atoms with van der Waals surface area (Å²) in [4.78, 5) is 26.2. The Balaban J connectivity index is 2.61. The molecule has 0 saturated carbocycles. The highest BCUT2D eigenvalue weighted by Gasteiger charge is 2.35. The average Bonchev–Trinajstić information content (AvgIpc) is 2.40. The van der Waals surface area contributed by atoms with Crippen LogP contribution in [0.3, 0.4) is 0 Å². The van der Waals surface area contributed by atoms with Gasteiger partial charge in [0, 0.05) is 18.8 Å². The smallest absolute Gasteiger partial charge is 0.239 e. The fourth-order valence-electron chi connectivity index (χ4n) is 1.54. The molecule has 0 spiro atoms. The summed E-state index contributed by atoms with van der Waals surface area (Å²) < 4.78 is 12.8. The molecular formula is C15H22FN3O2. The van der Waals surface area contributed by atoms with E-state index in [0.717, 1.165) is 0 Å². The number of hydrogen-bond donors (Lipinski definition) is 2. The Morgan fingerprint density at radius 1 is 1.14 bits per heavy atom. The molecule has 116 valence electrons. The molecule has 0 fully saturated rings. The van der Waals surface area contributed by atoms with E-state index in [2.05, 4.69) is 10.6 Å². The Labute approximate surface area is 124 Å². The van der Waals surface area contributed by atoms with Gasteiger partial charge in [-0.2, -0.15) is 0 Å². The lowest BCUT2D eigenvalue weighted by Gasteiger charge is -2.23. The fourth-order valence-corrected chi connectivity index (χ4v) is 1.54. The van der Waals surface area contributed by atoms with E-state index in [-0.39, 0.29) is 11.7 Å². The van der Waals surface area contributed by atoms with Crippen LogP contribution in [0, 0.1) is 11.2 Å². The van der Waals surface area contributed by atoms with Crippen LogP contribution >= 0.6 is 0 Å². The predicted octanol–water partition coefficient (Wildman–Crippen LogP) is 1.47. The molecule has 1 aromatic carbocycles. The molecule has 0 saturated heterocycles. The summed E-state index contributed by atoms with van der Waals surface area (Å²) in [6.45, 7) is 4.27. The predicted molar refractivity (Wildman–Crippen MR) is 80.4 cm³/mol. The SMILES string of the molecule is CN(C)CCNC(=O)C(C)(C)C(=O)Nc1ccc(F)cc1. The third kappa shape index (κ3) is 5.15. The van der Waals surface area contributed by atoms with Crippen LogP contribution < -0.4 is 10.6 Å². The van der Waals surface area contributed by atoms with Crippen LogP contribution in [0.4, 0.5) is 10.1 Å². The van der Waals surface area contributed by atoms with Crippen molar-refractivity contribution in [3.63, 3.8) is 0 Å². The van der Waals surface area contributed by atoms with Crippen molar-refractivity contribution in [3.8, 4) is 0 Å². The second kappa shape index (κ2) is 7.17. The maximum absolute atomic E-state index is 12.8. The average molecular weight is 295 g/mol. The number of nitrogens with one attached hydrogen (secondary N) is 2. The van der Waals surface area contributed by atoms with Crippen LogP contribution in [0.15, 0.2) is 24.3 Å². The van der Waals surface area contributed by atoms with Crippen molar-refractivity contribution in [3.05, 3.63) is 30.1 Å². The van der Waals surface area contributed by atoms with Crippen molar-refractivity contribution in [2.24, 2.45) is 5.41 Å². The first-order valence-corrected chi connectivity index (χ1v) is 6.73. The number of likely N-dealkylation sites (N-methyl/N-ethyl adjacent to an activating group) is 1. The van der Waals surface area contributed by atoms with Crippen LogP contribution in [0.2, 0.25) is 0 Å². The number of anilines is 1. The monoisotopic (exact) mass is 295 g/mol. The molecule has 0 aromatic heterocycles. The molecule has 2 amide bonds. The molecule has 6 heteroatoms. The van der Waals surface area contributed by atoms with E-state index in [1.165, 1.54) is 24.3 Å². The highest BCUT2D eigenvalue weighted by Crippen LogP contribution is 2.19. The van der Waals surface area contributed by atoms with E-state index in [1.54, 1.807) is 13.8 Å². The number of carbonyl (C=O) groups excluding carboxylic acids is 2. The molecule has 1 rings (SSSR count). The Morgan fingerprint density at radius 3 is 2.24 bits per heavy atom. The summed E-state index contributed by atoms with van der Waals surface area (Å²) in [5.41, 5.74) is -0.753. The van der Waals surface area contributed by atoms with Gasteiger partial charge in [0.1, 0.15) is 11.2 Å². The molecule has 2 N–H and O–H groups in total. The number of hydrogen-bond acceptors (Lipinski definition) is 3. The van der Waals surface area contributed by atoms with Crippen molar-refractivity contribution >= 4 is 17.5 Å². The first-order valence-electron chi connectivity index (χ1n) is 6.73. The van der Waals surface area contributed by atoms with Crippen LogP contribution in [-0.4, -0.2) is 43.9 Å². The Morgan fingerprint density at radius 2 is 1.71 bits per heavy atom. The van der Waals surface area contributed by atoms with Gasteiger partial charge in [-0.25, -0.2) is 4.39 Å². The second-order valence-corrected chi connectivity index (χ2v) is 5.65. The van der Waals surface area contributed by atoms with Crippen LogP contribution in [0.25, 0.3) is 0 Å². The molecule has 0 heterocycles. The molecule has 1 aromatic rings. The first-order chi connectivity index (χ1) is 9.73. The minimum Gasteiger partial charge on any atom is -0.354 e. The molecule has 5 nitrogen and oxygen atoms in total. The molecule has 0 aliphatic rings. The highest BCUT2D eigenvalue weighted by atomic mass is 19.1. The highest BCUT2D eigenvalue weighted by molar-refractivity contribution is 6.09. The van der Waals surface area contributed by atoms with Crippen LogP contribution in [0.1, 0.15) is 13.8 Å². The number of carbonyl (C=O) groups is 2. The lowest BCUT2D eigenvalue weighted by molar-refractivity contribution is -0.138. The zero-order valence-electron chi connectivity index (χ0n) is 12.9. The maximum Gasteiger partial charge on any atom is 0.239 e. The molecule has 0 unspecified atom stereocenters. The van der Waals surface area contributed by atoms with Gasteiger partial charge in [0.15, 0.2) is 0 Å². The minimum absolute atomic E-state index is 0.344. The number of rotatable bonds is 6. The van der Waals surface area contributed by atoms with Gasteiger partial charge < -0.3 is 15.5 Å². The Bertz CT molecular complexity index is 498. The van der Waals surface area contributed by atoms with Gasteiger partial charge in [-0.3, -0.25) is 9.59 Å². The van der Waals surface area contributed by atoms with E-state index in [0.29, 0.717) is 18.8 Å². The molecule has 0 bridgehead atoms. The van der Waals surface area contributed by atoms with Gasteiger partial charge in [0.05, 0.1) is 0 Å².